The Hall–Kier alpha value is -3.91. The fourth-order valence-electron chi connectivity index (χ4n) is 3.34. The highest BCUT2D eigenvalue weighted by molar-refractivity contribution is 7.07. The van der Waals surface area contributed by atoms with Gasteiger partial charge in [-0.1, -0.05) is 42.5 Å². The largest absolute Gasteiger partial charge is 0.493 e. The number of carbonyl (C=O) groups excluding carboxylic acids is 2. The highest BCUT2D eigenvalue weighted by Crippen LogP contribution is 2.28. The van der Waals surface area contributed by atoms with E-state index in [1.807, 2.05) is 34.3 Å². The number of hydrogen-bond donors (Lipinski definition) is 1. The van der Waals surface area contributed by atoms with Crippen molar-refractivity contribution in [1.29, 1.82) is 0 Å². The van der Waals surface area contributed by atoms with E-state index in [-0.39, 0.29) is 6.61 Å². The molecule has 0 bridgehead atoms. The SMILES string of the molecule is COc1cc(C(=O)N=c2sccn2Cc2cccc3ccccc23)ccc1OCC(N)=O. The number of hydrogen-bond acceptors (Lipinski definition) is 5. The molecular formula is C24H21N3O4S. The normalized spacial score (nSPS) is 11.5. The average Bonchev–Trinajstić information content (AvgIpc) is 3.24. The van der Waals surface area contributed by atoms with Crippen LogP contribution in [0.15, 0.2) is 77.2 Å². The quantitative estimate of drug-likeness (QED) is 0.470. The first-order valence-electron chi connectivity index (χ1n) is 9.84. The molecule has 0 aliphatic heterocycles. The molecule has 0 radical (unpaired) electrons. The summed E-state index contributed by atoms with van der Waals surface area (Å²) in [5, 5.41) is 4.24. The molecule has 2 N–H and O–H groups in total. The predicted molar refractivity (Wildman–Crippen MR) is 123 cm³/mol. The van der Waals surface area contributed by atoms with Crippen molar-refractivity contribution in [3.8, 4) is 11.5 Å². The lowest BCUT2D eigenvalue weighted by molar-refractivity contribution is -0.119. The van der Waals surface area contributed by atoms with Crippen LogP contribution in [0.25, 0.3) is 10.8 Å². The molecule has 1 heterocycles. The van der Waals surface area contributed by atoms with Crippen molar-refractivity contribution in [2.45, 2.75) is 6.54 Å². The van der Waals surface area contributed by atoms with E-state index >= 15 is 0 Å². The van der Waals surface area contributed by atoms with Crippen LogP contribution in [0.4, 0.5) is 0 Å². The Morgan fingerprint density at radius 2 is 1.88 bits per heavy atom. The Morgan fingerprint density at radius 1 is 1.06 bits per heavy atom. The number of carbonyl (C=O) groups is 2. The van der Waals surface area contributed by atoms with E-state index in [4.69, 9.17) is 15.2 Å². The highest BCUT2D eigenvalue weighted by atomic mass is 32.1. The zero-order chi connectivity index (χ0) is 22.5. The molecule has 0 saturated carbocycles. The summed E-state index contributed by atoms with van der Waals surface area (Å²) in [4.78, 5) is 28.7. The van der Waals surface area contributed by atoms with Gasteiger partial charge in [-0.15, -0.1) is 11.3 Å². The molecular weight excluding hydrogens is 426 g/mol. The number of nitrogens with zero attached hydrogens (tertiary/aromatic N) is 2. The van der Waals surface area contributed by atoms with Crippen LogP contribution < -0.4 is 20.0 Å². The molecule has 0 spiro atoms. The average molecular weight is 448 g/mol. The first kappa shape index (κ1) is 21.3. The first-order chi connectivity index (χ1) is 15.5. The minimum Gasteiger partial charge on any atom is -0.493 e. The molecule has 7 nitrogen and oxygen atoms in total. The van der Waals surface area contributed by atoms with E-state index in [1.54, 1.807) is 12.1 Å². The zero-order valence-electron chi connectivity index (χ0n) is 17.4. The van der Waals surface area contributed by atoms with Gasteiger partial charge in [-0.05, 0) is 34.5 Å². The summed E-state index contributed by atoms with van der Waals surface area (Å²) in [6.07, 6.45) is 1.92. The fourth-order valence-corrected chi connectivity index (χ4v) is 4.07. The number of nitrogens with two attached hydrogens (primary N) is 1. The maximum absolute atomic E-state index is 12.8. The van der Waals surface area contributed by atoms with E-state index in [0.717, 1.165) is 5.56 Å². The number of methoxy groups -OCH3 is 1. The van der Waals surface area contributed by atoms with Crippen LogP contribution in [-0.2, 0) is 11.3 Å². The molecule has 0 aliphatic rings. The second-order valence-electron chi connectivity index (χ2n) is 6.99. The van der Waals surface area contributed by atoms with Crippen LogP contribution in [0.1, 0.15) is 15.9 Å². The van der Waals surface area contributed by atoms with Gasteiger partial charge in [0.1, 0.15) is 0 Å². The van der Waals surface area contributed by atoms with Crippen molar-refractivity contribution in [3.63, 3.8) is 0 Å². The number of benzene rings is 3. The lowest BCUT2D eigenvalue weighted by Crippen LogP contribution is -2.20. The molecule has 2 amide bonds. The summed E-state index contributed by atoms with van der Waals surface area (Å²) in [5.41, 5.74) is 6.60. The van der Waals surface area contributed by atoms with Gasteiger partial charge < -0.3 is 19.8 Å². The number of rotatable bonds is 7. The Kier molecular flexibility index (Phi) is 6.32. The molecule has 3 aromatic carbocycles. The molecule has 0 unspecified atom stereocenters. The van der Waals surface area contributed by atoms with Gasteiger partial charge in [-0.2, -0.15) is 4.99 Å². The van der Waals surface area contributed by atoms with Crippen LogP contribution in [0.2, 0.25) is 0 Å². The van der Waals surface area contributed by atoms with Crippen molar-refractivity contribution in [2.24, 2.45) is 10.7 Å². The van der Waals surface area contributed by atoms with Crippen molar-refractivity contribution in [3.05, 3.63) is 88.2 Å². The summed E-state index contributed by atoms with van der Waals surface area (Å²) < 4.78 is 12.5. The van der Waals surface area contributed by atoms with E-state index in [2.05, 4.69) is 29.3 Å². The number of amides is 2. The number of ether oxygens (including phenoxy) is 2. The molecule has 4 rings (SSSR count). The second kappa shape index (κ2) is 9.49. The monoisotopic (exact) mass is 447 g/mol. The molecule has 0 aliphatic carbocycles. The topological polar surface area (TPSA) is 95.9 Å². The third kappa shape index (κ3) is 4.70. The molecule has 8 heteroatoms. The fraction of sp³-hybridized carbons (Fsp3) is 0.125. The van der Waals surface area contributed by atoms with Gasteiger partial charge >= 0.3 is 0 Å². The highest BCUT2D eigenvalue weighted by Gasteiger charge is 2.12. The Labute approximate surface area is 188 Å². The molecule has 0 saturated heterocycles. The lowest BCUT2D eigenvalue weighted by Gasteiger charge is -2.10. The third-order valence-corrected chi connectivity index (χ3v) is 5.65. The van der Waals surface area contributed by atoms with Gasteiger partial charge in [-0.3, -0.25) is 9.59 Å². The van der Waals surface area contributed by atoms with Gasteiger partial charge in [0.2, 0.25) is 0 Å². The van der Waals surface area contributed by atoms with Crippen LogP contribution >= 0.6 is 11.3 Å². The van der Waals surface area contributed by atoms with Gasteiger partial charge in [0.25, 0.3) is 11.8 Å². The van der Waals surface area contributed by atoms with Gasteiger partial charge in [-0.25, -0.2) is 0 Å². The van der Waals surface area contributed by atoms with Gasteiger partial charge in [0.15, 0.2) is 22.9 Å². The first-order valence-corrected chi connectivity index (χ1v) is 10.7. The minimum absolute atomic E-state index is 0.280. The molecule has 0 fully saturated rings. The molecule has 0 atom stereocenters. The number of aromatic nitrogens is 1. The van der Waals surface area contributed by atoms with Crippen LogP contribution in [0.5, 0.6) is 11.5 Å². The molecule has 162 valence electrons. The zero-order valence-corrected chi connectivity index (χ0v) is 18.2. The minimum atomic E-state index is -0.601. The van der Waals surface area contributed by atoms with Crippen molar-refractivity contribution >= 4 is 33.9 Å². The molecule has 4 aromatic rings. The maximum Gasteiger partial charge on any atom is 0.279 e. The standard InChI is InChI=1S/C24H21N3O4S/c1-30-21-13-17(9-10-20(21)31-15-22(25)28)23(29)26-24-27(11-12-32-24)14-18-7-4-6-16-5-2-3-8-19(16)18/h2-13H,14-15H2,1H3,(H2,25,28). The summed E-state index contributed by atoms with van der Waals surface area (Å²) in [7, 11) is 1.45. The Bertz CT molecular complexity index is 1350. The smallest absolute Gasteiger partial charge is 0.279 e. The van der Waals surface area contributed by atoms with Crippen molar-refractivity contribution in [1.82, 2.24) is 4.57 Å². The Balaban J connectivity index is 1.61. The number of thiazole rings is 1. The van der Waals surface area contributed by atoms with E-state index in [9.17, 15) is 9.59 Å². The number of primary amides is 1. The Morgan fingerprint density at radius 3 is 2.69 bits per heavy atom. The lowest BCUT2D eigenvalue weighted by atomic mass is 10.0. The van der Waals surface area contributed by atoms with Crippen molar-refractivity contribution < 1.29 is 19.1 Å². The van der Waals surface area contributed by atoms with E-state index in [1.165, 1.54) is 35.3 Å². The molecule has 1 aromatic heterocycles. The van der Waals surface area contributed by atoms with E-state index < -0.39 is 11.8 Å². The van der Waals surface area contributed by atoms with Crippen LogP contribution in [0, 0.1) is 0 Å². The summed E-state index contributed by atoms with van der Waals surface area (Å²) in [6, 6.07) is 19.1. The summed E-state index contributed by atoms with van der Waals surface area (Å²) in [5.74, 6) is -0.360. The number of fused-ring (bicyclic) bond motifs is 1. The van der Waals surface area contributed by atoms with Crippen molar-refractivity contribution in [2.75, 3.05) is 13.7 Å². The van der Waals surface area contributed by atoms with Gasteiger partial charge in [0.05, 0.1) is 13.7 Å². The molecule has 32 heavy (non-hydrogen) atoms. The van der Waals surface area contributed by atoms with Gasteiger partial charge in [0, 0.05) is 17.1 Å². The van der Waals surface area contributed by atoms with Crippen LogP contribution in [0.3, 0.4) is 0 Å². The van der Waals surface area contributed by atoms with E-state index in [0.29, 0.717) is 28.4 Å². The predicted octanol–water partition coefficient (Wildman–Crippen LogP) is 3.36. The van der Waals surface area contributed by atoms with Crippen LogP contribution in [-0.4, -0.2) is 30.1 Å². The third-order valence-electron chi connectivity index (χ3n) is 4.86. The second-order valence-corrected chi connectivity index (χ2v) is 7.86. The summed E-state index contributed by atoms with van der Waals surface area (Å²) in [6.45, 7) is 0.317. The maximum atomic E-state index is 12.8. The summed E-state index contributed by atoms with van der Waals surface area (Å²) >= 11 is 1.39.